The number of aromatic nitrogens is 1. The lowest BCUT2D eigenvalue weighted by Gasteiger charge is -2.19. The normalized spacial score (nSPS) is 15.7. The van der Waals surface area contributed by atoms with Gasteiger partial charge in [0.15, 0.2) is 0 Å². The third-order valence-electron chi connectivity index (χ3n) is 2.41. The molecule has 0 radical (unpaired) electrons. The van der Waals surface area contributed by atoms with Crippen LogP contribution in [0.2, 0.25) is 0 Å². The van der Waals surface area contributed by atoms with Gasteiger partial charge in [-0.3, -0.25) is 0 Å². The summed E-state index contributed by atoms with van der Waals surface area (Å²) in [6.45, 7) is 6.86. The quantitative estimate of drug-likeness (QED) is 0.844. The van der Waals surface area contributed by atoms with Gasteiger partial charge < -0.3 is 9.84 Å². The van der Waals surface area contributed by atoms with E-state index in [0.29, 0.717) is 5.76 Å². The number of nitrogens with zero attached hydrogens (tertiary/aromatic N) is 1. The molecule has 2 atom stereocenters. The molecule has 5 heteroatoms. The van der Waals surface area contributed by atoms with Crippen LogP contribution in [0.4, 0.5) is 8.78 Å². The van der Waals surface area contributed by atoms with Crippen LogP contribution in [0.25, 0.3) is 0 Å². The van der Waals surface area contributed by atoms with E-state index in [1.54, 1.807) is 13.8 Å². The van der Waals surface area contributed by atoms with Crippen molar-refractivity contribution < 1.29 is 13.3 Å². The van der Waals surface area contributed by atoms with Crippen molar-refractivity contribution in [3.63, 3.8) is 0 Å². The van der Waals surface area contributed by atoms with Crippen LogP contribution in [-0.2, 0) is 0 Å². The standard InChI is InChI=1S/C10H16F2N2O/c1-5(13-7(3)10(11)12)9-6(2)14-15-8(9)4/h5,7,10,13H,1-4H3. The van der Waals surface area contributed by atoms with Gasteiger partial charge in [0.05, 0.1) is 11.7 Å². The maximum atomic E-state index is 12.3. The minimum atomic E-state index is -2.37. The third-order valence-corrected chi connectivity index (χ3v) is 2.41. The van der Waals surface area contributed by atoms with Crippen LogP contribution in [0.5, 0.6) is 0 Å². The zero-order chi connectivity index (χ0) is 11.6. The Bertz CT molecular complexity index is 306. The Balaban J connectivity index is 2.73. The molecule has 0 amide bonds. The Labute approximate surface area is 87.8 Å². The third kappa shape index (κ3) is 2.75. The molecule has 15 heavy (non-hydrogen) atoms. The number of hydrogen-bond acceptors (Lipinski definition) is 3. The van der Waals surface area contributed by atoms with Crippen molar-refractivity contribution in [3.8, 4) is 0 Å². The highest BCUT2D eigenvalue weighted by atomic mass is 19.3. The monoisotopic (exact) mass is 218 g/mol. The van der Waals surface area contributed by atoms with Gasteiger partial charge in [-0.1, -0.05) is 5.16 Å². The zero-order valence-corrected chi connectivity index (χ0v) is 9.34. The second-order valence-electron chi connectivity index (χ2n) is 3.75. The molecule has 1 N–H and O–H groups in total. The van der Waals surface area contributed by atoms with Crippen LogP contribution in [-0.4, -0.2) is 17.6 Å². The summed E-state index contributed by atoms with van der Waals surface area (Å²) in [5.41, 5.74) is 1.61. The SMILES string of the molecule is Cc1noc(C)c1C(C)NC(C)C(F)F. The van der Waals surface area contributed by atoms with E-state index >= 15 is 0 Å². The number of rotatable bonds is 4. The van der Waals surface area contributed by atoms with Crippen molar-refractivity contribution in [3.05, 3.63) is 17.0 Å². The average Bonchev–Trinajstić information content (AvgIpc) is 2.45. The summed E-state index contributed by atoms with van der Waals surface area (Å²) in [7, 11) is 0. The van der Waals surface area contributed by atoms with Crippen LogP contribution < -0.4 is 5.32 Å². The fourth-order valence-corrected chi connectivity index (χ4v) is 1.66. The Morgan fingerprint density at radius 1 is 1.27 bits per heavy atom. The van der Waals surface area contributed by atoms with Gasteiger partial charge in [-0.05, 0) is 27.7 Å². The number of halogens is 2. The molecule has 0 aliphatic heterocycles. The molecule has 1 rings (SSSR count). The van der Waals surface area contributed by atoms with Crippen molar-refractivity contribution in [1.82, 2.24) is 10.5 Å². The molecule has 0 bridgehead atoms. The molecule has 1 aromatic rings. The van der Waals surface area contributed by atoms with Gasteiger partial charge in [-0.25, -0.2) is 8.78 Å². The topological polar surface area (TPSA) is 38.1 Å². The summed E-state index contributed by atoms with van der Waals surface area (Å²) in [6.07, 6.45) is -2.37. The predicted molar refractivity (Wildman–Crippen MR) is 53.0 cm³/mol. The molecular formula is C10H16F2N2O. The van der Waals surface area contributed by atoms with Gasteiger partial charge >= 0.3 is 0 Å². The van der Waals surface area contributed by atoms with Crippen molar-refractivity contribution in [2.75, 3.05) is 0 Å². The molecule has 0 saturated heterocycles. The zero-order valence-electron chi connectivity index (χ0n) is 9.34. The van der Waals surface area contributed by atoms with Crippen LogP contribution in [0.3, 0.4) is 0 Å². The summed E-state index contributed by atoms with van der Waals surface area (Å²) in [5, 5.41) is 6.60. The van der Waals surface area contributed by atoms with E-state index in [1.807, 2.05) is 6.92 Å². The van der Waals surface area contributed by atoms with Gasteiger partial charge in [0.1, 0.15) is 5.76 Å². The average molecular weight is 218 g/mol. The first-order chi connectivity index (χ1) is 6.93. The first-order valence-corrected chi connectivity index (χ1v) is 4.90. The molecule has 0 spiro atoms. The number of hydrogen-bond donors (Lipinski definition) is 1. The number of aryl methyl sites for hydroxylation is 2. The second-order valence-corrected chi connectivity index (χ2v) is 3.75. The van der Waals surface area contributed by atoms with Gasteiger partial charge in [-0.2, -0.15) is 0 Å². The maximum Gasteiger partial charge on any atom is 0.253 e. The molecule has 0 aliphatic carbocycles. The summed E-state index contributed by atoms with van der Waals surface area (Å²) >= 11 is 0. The van der Waals surface area contributed by atoms with E-state index in [-0.39, 0.29) is 6.04 Å². The first kappa shape index (κ1) is 12.1. The Hall–Kier alpha value is -0.970. The minimum Gasteiger partial charge on any atom is -0.361 e. The van der Waals surface area contributed by atoms with Crippen LogP contribution in [0, 0.1) is 13.8 Å². The highest BCUT2D eigenvalue weighted by Crippen LogP contribution is 2.21. The summed E-state index contributed by atoms with van der Waals surface area (Å²) < 4.78 is 29.6. The molecule has 3 nitrogen and oxygen atoms in total. The number of nitrogens with one attached hydrogen (secondary N) is 1. The van der Waals surface area contributed by atoms with Gasteiger partial charge in [0, 0.05) is 11.6 Å². The van der Waals surface area contributed by atoms with E-state index < -0.39 is 12.5 Å². The molecule has 1 aromatic heterocycles. The molecule has 0 saturated carbocycles. The summed E-state index contributed by atoms with van der Waals surface area (Å²) in [5.74, 6) is 0.675. The Morgan fingerprint density at radius 3 is 2.27 bits per heavy atom. The highest BCUT2D eigenvalue weighted by molar-refractivity contribution is 5.24. The van der Waals surface area contributed by atoms with E-state index in [4.69, 9.17) is 4.52 Å². The number of alkyl halides is 2. The Morgan fingerprint density at radius 2 is 1.87 bits per heavy atom. The fourth-order valence-electron chi connectivity index (χ4n) is 1.66. The minimum absolute atomic E-state index is 0.180. The van der Waals surface area contributed by atoms with E-state index in [9.17, 15) is 8.78 Å². The lowest BCUT2D eigenvalue weighted by atomic mass is 10.1. The van der Waals surface area contributed by atoms with Crippen molar-refractivity contribution in [2.45, 2.75) is 46.2 Å². The van der Waals surface area contributed by atoms with E-state index in [2.05, 4.69) is 10.5 Å². The molecule has 2 unspecified atom stereocenters. The molecular weight excluding hydrogens is 202 g/mol. The molecule has 86 valence electrons. The molecule has 0 aromatic carbocycles. The largest absolute Gasteiger partial charge is 0.361 e. The fraction of sp³-hybridized carbons (Fsp3) is 0.700. The lowest BCUT2D eigenvalue weighted by Crippen LogP contribution is -2.34. The summed E-state index contributed by atoms with van der Waals surface area (Å²) in [4.78, 5) is 0. The van der Waals surface area contributed by atoms with E-state index in [1.165, 1.54) is 6.92 Å². The van der Waals surface area contributed by atoms with Crippen LogP contribution in [0.15, 0.2) is 4.52 Å². The maximum absolute atomic E-state index is 12.3. The predicted octanol–water partition coefficient (Wildman–Crippen LogP) is 2.60. The Kier molecular flexibility index (Phi) is 3.79. The smallest absolute Gasteiger partial charge is 0.253 e. The second kappa shape index (κ2) is 4.70. The van der Waals surface area contributed by atoms with Crippen LogP contribution in [0.1, 0.15) is 36.9 Å². The van der Waals surface area contributed by atoms with Crippen molar-refractivity contribution >= 4 is 0 Å². The summed E-state index contributed by atoms with van der Waals surface area (Å²) in [6, 6.07) is -1.02. The highest BCUT2D eigenvalue weighted by Gasteiger charge is 2.21. The van der Waals surface area contributed by atoms with Crippen molar-refractivity contribution in [1.29, 1.82) is 0 Å². The first-order valence-electron chi connectivity index (χ1n) is 4.90. The van der Waals surface area contributed by atoms with Crippen molar-refractivity contribution in [2.24, 2.45) is 0 Å². The van der Waals surface area contributed by atoms with Crippen LogP contribution >= 0.6 is 0 Å². The molecule has 1 heterocycles. The lowest BCUT2D eigenvalue weighted by molar-refractivity contribution is 0.101. The van der Waals surface area contributed by atoms with E-state index in [0.717, 1.165) is 11.3 Å². The van der Waals surface area contributed by atoms with Gasteiger partial charge in [0.2, 0.25) is 0 Å². The molecule has 0 aliphatic rings. The van der Waals surface area contributed by atoms with Gasteiger partial charge in [0.25, 0.3) is 6.43 Å². The molecule has 0 fully saturated rings. The van der Waals surface area contributed by atoms with Gasteiger partial charge in [-0.15, -0.1) is 0 Å².